The van der Waals surface area contributed by atoms with Crippen molar-refractivity contribution in [3.05, 3.63) is 49.1 Å². The zero-order valence-electron chi connectivity index (χ0n) is 37.0. The predicted molar refractivity (Wildman–Crippen MR) is 243 cm³/mol. The molecule has 0 unspecified atom stereocenters. The Labute approximate surface area is 379 Å². The van der Waals surface area contributed by atoms with E-state index >= 15 is 0 Å². The summed E-state index contributed by atoms with van der Waals surface area (Å²) in [4.78, 5) is 2.84. The molecule has 0 saturated heterocycles. The van der Waals surface area contributed by atoms with Crippen LogP contribution >= 0.6 is 23.5 Å². The summed E-state index contributed by atoms with van der Waals surface area (Å²) >= 11 is 4.04. The van der Waals surface area contributed by atoms with Crippen LogP contribution in [0.2, 0.25) is 0 Å². The molecule has 0 bridgehead atoms. The molecule has 0 aliphatic heterocycles. The molecule has 2 aromatic heterocycles. The van der Waals surface area contributed by atoms with Crippen molar-refractivity contribution in [3.63, 3.8) is 0 Å². The van der Waals surface area contributed by atoms with Crippen molar-refractivity contribution < 1.29 is 43.1 Å². The molecule has 56 heavy (non-hydrogen) atoms. The van der Waals surface area contributed by atoms with E-state index in [1.165, 1.54) is 253 Å². The van der Waals surface area contributed by atoms with Gasteiger partial charge in [-0.05, 0) is 37.2 Å². The minimum Gasteiger partial charge on any atom is -1.00 e. The van der Waals surface area contributed by atoms with E-state index in [2.05, 4.69) is 72.0 Å². The van der Waals surface area contributed by atoms with Crippen molar-refractivity contribution in [1.82, 2.24) is 0 Å². The third-order valence-electron chi connectivity index (χ3n) is 11.3. The number of thioether (sulfide) groups is 2. The highest BCUT2D eigenvalue weighted by atomic mass is 79.9. The van der Waals surface area contributed by atoms with Gasteiger partial charge in [0.05, 0.1) is 0 Å². The normalized spacial score (nSPS) is 11.1. The second-order valence-electron chi connectivity index (χ2n) is 16.6. The number of nitrogens with zero attached hydrogens (tertiary/aromatic N) is 2. The van der Waals surface area contributed by atoms with Gasteiger partial charge in [0.25, 0.3) is 0 Å². The van der Waals surface area contributed by atoms with Gasteiger partial charge in [-0.15, -0.1) is 23.5 Å². The summed E-state index contributed by atoms with van der Waals surface area (Å²) < 4.78 is 4.77. The fraction of sp³-hybridized carbons (Fsp3) is 0.800. The lowest BCUT2D eigenvalue weighted by atomic mass is 10.0. The summed E-state index contributed by atoms with van der Waals surface area (Å²) in [7, 11) is 0. The predicted octanol–water partition coefficient (Wildman–Crippen LogP) is 10.5. The Morgan fingerprint density at radius 1 is 0.304 bits per heavy atom. The van der Waals surface area contributed by atoms with Gasteiger partial charge < -0.3 is 34.0 Å². The molecule has 6 heteroatoms. The molecular weight excluding hydrogens is 853 g/mol. The van der Waals surface area contributed by atoms with Gasteiger partial charge in [-0.3, -0.25) is 0 Å². The van der Waals surface area contributed by atoms with E-state index in [1.807, 2.05) is 23.5 Å². The minimum atomic E-state index is 0. The summed E-state index contributed by atoms with van der Waals surface area (Å²) in [5.74, 6) is 2.44. The molecule has 326 valence electrons. The number of aromatic nitrogens is 2. The molecule has 0 aromatic carbocycles. The van der Waals surface area contributed by atoms with Crippen LogP contribution in [0.1, 0.15) is 232 Å². The molecule has 2 aromatic rings. The summed E-state index contributed by atoms with van der Waals surface area (Å²) in [5, 5.41) is 0. The summed E-state index contributed by atoms with van der Waals surface area (Å²) in [5.41, 5.74) is 0. The molecule has 0 aliphatic carbocycles. The number of pyridine rings is 2. The van der Waals surface area contributed by atoms with E-state index in [0.29, 0.717) is 0 Å². The first-order valence-electron chi connectivity index (χ1n) is 24.1. The molecule has 0 saturated carbocycles. The van der Waals surface area contributed by atoms with Gasteiger partial charge in [0.2, 0.25) is 0 Å². The van der Waals surface area contributed by atoms with Crippen LogP contribution < -0.4 is 43.1 Å². The van der Waals surface area contributed by atoms with Gasteiger partial charge in [-0.25, -0.2) is 9.13 Å². The Kier molecular flexibility index (Phi) is 44.5. The average Bonchev–Trinajstić information content (AvgIpc) is 3.20. The lowest BCUT2D eigenvalue weighted by Gasteiger charge is -2.04. The van der Waals surface area contributed by atoms with Crippen molar-refractivity contribution in [2.24, 2.45) is 0 Å². The third kappa shape index (κ3) is 35.9. The van der Waals surface area contributed by atoms with E-state index in [0.717, 1.165) is 0 Å². The highest BCUT2D eigenvalue weighted by Gasteiger charge is 2.05. The monoisotopic (exact) mass is 940 g/mol. The van der Waals surface area contributed by atoms with Crippen molar-refractivity contribution >= 4 is 23.5 Å². The van der Waals surface area contributed by atoms with Crippen molar-refractivity contribution in [3.8, 4) is 0 Å². The maximum absolute atomic E-state index is 2.38. The Hall–Kier alpha value is -0.0400. The topological polar surface area (TPSA) is 7.76 Å². The molecule has 0 aliphatic rings. The van der Waals surface area contributed by atoms with E-state index in [-0.39, 0.29) is 34.0 Å². The number of aryl methyl sites for hydroxylation is 2. The molecule has 0 fully saturated rings. The van der Waals surface area contributed by atoms with Gasteiger partial charge >= 0.3 is 0 Å². The SMILES string of the molecule is CCCCCCCCCCCCCCCCCC[n+]1ccc(SCCCCSc2cc[n+](CCCCCCCCCCCCCCCCCC)cc2)cc1.[Br-].[Br-]. The van der Waals surface area contributed by atoms with Crippen LogP contribution in [0, 0.1) is 0 Å². The summed E-state index contributed by atoms with van der Waals surface area (Å²) in [6, 6.07) is 9.30. The first kappa shape index (κ1) is 56.0. The fourth-order valence-corrected chi connectivity index (χ4v) is 9.44. The molecular formula is C50H90Br2N2S2. The molecule has 2 nitrogen and oxygen atoms in total. The second-order valence-corrected chi connectivity index (χ2v) is 18.9. The van der Waals surface area contributed by atoms with Crippen LogP contribution in [-0.2, 0) is 13.1 Å². The van der Waals surface area contributed by atoms with Crippen molar-refractivity contribution in [2.45, 2.75) is 255 Å². The second kappa shape index (κ2) is 44.5. The molecule has 2 rings (SSSR count). The standard InChI is InChI=1S/C50H90N2S2.2BrH/c1-3-5-7-9-11-13-15-17-19-21-23-25-27-29-31-33-41-51-43-37-49(38-44-51)53-47-35-36-48-54-50-39-45-52(46-40-50)42-34-32-30-28-26-24-22-20-18-16-14-12-10-8-6-4-2;;/h37-40,43-46H,3-36,41-42,47-48H2,1-2H3;2*1H/q+2;;/p-2. The van der Waals surface area contributed by atoms with E-state index in [4.69, 9.17) is 0 Å². The van der Waals surface area contributed by atoms with E-state index in [1.54, 1.807) is 0 Å². The number of halogens is 2. The number of rotatable bonds is 41. The van der Waals surface area contributed by atoms with Crippen LogP contribution in [0.25, 0.3) is 0 Å². The smallest absolute Gasteiger partial charge is 0.169 e. The number of hydrogen-bond acceptors (Lipinski definition) is 2. The van der Waals surface area contributed by atoms with Crippen molar-refractivity contribution in [2.75, 3.05) is 11.5 Å². The largest absolute Gasteiger partial charge is 1.00 e. The summed E-state index contributed by atoms with van der Waals surface area (Å²) in [6.07, 6.45) is 57.7. The zero-order valence-corrected chi connectivity index (χ0v) is 41.8. The van der Waals surface area contributed by atoms with Crippen molar-refractivity contribution in [1.29, 1.82) is 0 Å². The fourth-order valence-electron chi connectivity index (χ4n) is 7.65. The lowest BCUT2D eigenvalue weighted by Crippen LogP contribution is -3.00. The van der Waals surface area contributed by atoms with Crippen LogP contribution in [-0.4, -0.2) is 11.5 Å². The molecule has 2 heterocycles. The van der Waals surface area contributed by atoms with Crippen LogP contribution in [0.5, 0.6) is 0 Å². The lowest BCUT2D eigenvalue weighted by molar-refractivity contribution is -0.697. The van der Waals surface area contributed by atoms with Gasteiger partial charge in [-0.2, -0.15) is 0 Å². The first-order valence-corrected chi connectivity index (χ1v) is 26.0. The maximum atomic E-state index is 2.38. The summed E-state index contributed by atoms with van der Waals surface area (Å²) in [6.45, 7) is 6.94. The molecule has 0 radical (unpaired) electrons. The van der Waals surface area contributed by atoms with E-state index < -0.39 is 0 Å². The highest BCUT2D eigenvalue weighted by Crippen LogP contribution is 2.22. The zero-order chi connectivity index (χ0) is 38.3. The van der Waals surface area contributed by atoms with Crippen LogP contribution in [0.3, 0.4) is 0 Å². The Morgan fingerprint density at radius 3 is 0.750 bits per heavy atom. The van der Waals surface area contributed by atoms with Gasteiger partial charge in [0, 0.05) is 46.9 Å². The number of unbranched alkanes of at least 4 members (excludes halogenated alkanes) is 31. The minimum absolute atomic E-state index is 0. The van der Waals surface area contributed by atoms with Crippen LogP contribution in [0.15, 0.2) is 58.8 Å². The molecule has 0 N–H and O–H groups in total. The first-order chi connectivity index (χ1) is 26.8. The van der Waals surface area contributed by atoms with Gasteiger partial charge in [-0.1, -0.05) is 194 Å². The third-order valence-corrected chi connectivity index (χ3v) is 13.5. The quantitative estimate of drug-likeness (QED) is 0.0373. The van der Waals surface area contributed by atoms with Crippen LogP contribution in [0.4, 0.5) is 0 Å². The highest BCUT2D eigenvalue weighted by molar-refractivity contribution is 7.99. The number of hydrogen-bond donors (Lipinski definition) is 0. The van der Waals surface area contributed by atoms with Gasteiger partial charge in [0.15, 0.2) is 24.8 Å². The molecule has 0 spiro atoms. The molecule has 0 amide bonds. The average molecular weight is 943 g/mol. The Bertz CT molecular complexity index is 953. The Morgan fingerprint density at radius 2 is 0.518 bits per heavy atom. The van der Waals surface area contributed by atoms with Gasteiger partial charge in [0.1, 0.15) is 13.1 Å². The molecule has 0 atom stereocenters. The van der Waals surface area contributed by atoms with E-state index in [9.17, 15) is 0 Å². The maximum Gasteiger partial charge on any atom is 0.169 e. The Balaban J connectivity index is 0.0000151.